The van der Waals surface area contributed by atoms with Gasteiger partial charge in [0, 0.05) is 7.11 Å². The van der Waals surface area contributed by atoms with Gasteiger partial charge in [-0.3, -0.25) is 0 Å². The van der Waals surface area contributed by atoms with Gasteiger partial charge < -0.3 is 4.74 Å². The molecule has 0 N–H and O–H groups in total. The molecule has 128 valence electrons. The van der Waals surface area contributed by atoms with Crippen molar-refractivity contribution in [2.45, 2.75) is 85.2 Å². The van der Waals surface area contributed by atoms with E-state index in [4.69, 9.17) is 4.74 Å². The fourth-order valence-corrected chi connectivity index (χ4v) is 2.26. The molecule has 0 aliphatic carbocycles. The van der Waals surface area contributed by atoms with E-state index >= 15 is 0 Å². The molecule has 2 unspecified atom stereocenters. The highest BCUT2D eigenvalue weighted by Gasteiger charge is 1.99. The van der Waals surface area contributed by atoms with E-state index in [-0.39, 0.29) is 0 Å². The van der Waals surface area contributed by atoms with E-state index in [9.17, 15) is 0 Å². The highest BCUT2D eigenvalue weighted by Crippen LogP contribution is 2.12. The van der Waals surface area contributed by atoms with Gasteiger partial charge >= 0.3 is 0 Å². The Bertz CT molecular complexity index is 320. The van der Waals surface area contributed by atoms with Gasteiger partial charge in [-0.2, -0.15) is 0 Å². The molecule has 22 heavy (non-hydrogen) atoms. The average molecular weight is 307 g/mol. The Hall–Kier alpha value is -0.820. The van der Waals surface area contributed by atoms with Gasteiger partial charge in [-0.1, -0.05) is 89.6 Å². The Labute approximate surface area is 139 Å². The average Bonchev–Trinajstić information content (AvgIpc) is 2.57. The van der Waals surface area contributed by atoms with Gasteiger partial charge in [-0.05, 0) is 31.2 Å². The van der Waals surface area contributed by atoms with E-state index in [0.29, 0.717) is 6.10 Å². The second-order valence-electron chi connectivity index (χ2n) is 6.43. The summed E-state index contributed by atoms with van der Waals surface area (Å²) < 4.78 is 5.17. The summed E-state index contributed by atoms with van der Waals surface area (Å²) in [6.45, 7) is 9.00. The van der Waals surface area contributed by atoms with Crippen molar-refractivity contribution in [1.29, 1.82) is 0 Å². The van der Waals surface area contributed by atoms with E-state index < -0.39 is 0 Å². The second kappa shape index (κ2) is 15.1. The van der Waals surface area contributed by atoms with Crippen LogP contribution in [0.5, 0.6) is 0 Å². The lowest BCUT2D eigenvalue weighted by Gasteiger charge is -2.08. The summed E-state index contributed by atoms with van der Waals surface area (Å²) >= 11 is 0. The molecule has 0 aliphatic rings. The van der Waals surface area contributed by atoms with Crippen LogP contribution in [-0.2, 0) is 11.2 Å². The van der Waals surface area contributed by atoms with Crippen molar-refractivity contribution in [3.8, 4) is 0 Å². The lowest BCUT2D eigenvalue weighted by Crippen LogP contribution is -2.05. The molecule has 0 aromatic heterocycles. The first kappa shape index (κ1) is 21.2. The molecule has 1 aromatic rings. The number of hydrogen-bond donors (Lipinski definition) is 0. The molecule has 0 spiro atoms. The normalized spacial score (nSPS) is 13.1. The minimum Gasteiger partial charge on any atom is -0.382 e. The van der Waals surface area contributed by atoms with Gasteiger partial charge in [-0.15, -0.1) is 0 Å². The third-order valence-electron chi connectivity index (χ3n) is 4.33. The van der Waals surface area contributed by atoms with E-state index in [1.165, 1.54) is 44.1 Å². The van der Waals surface area contributed by atoms with Gasteiger partial charge in [0.2, 0.25) is 0 Å². The van der Waals surface area contributed by atoms with Crippen LogP contribution in [0.15, 0.2) is 30.3 Å². The SMILES string of the molecule is CCCCCCC(C)CC.COC(C)CCc1ccccc1. The van der Waals surface area contributed by atoms with Crippen LogP contribution < -0.4 is 0 Å². The summed E-state index contributed by atoms with van der Waals surface area (Å²) in [7, 11) is 1.76. The summed E-state index contributed by atoms with van der Waals surface area (Å²) in [5.41, 5.74) is 1.39. The monoisotopic (exact) mass is 306 g/mol. The molecule has 0 amide bonds. The fraction of sp³-hybridized carbons (Fsp3) is 0.714. The molecule has 0 radical (unpaired) electrons. The van der Waals surface area contributed by atoms with Crippen molar-refractivity contribution in [2.24, 2.45) is 5.92 Å². The third kappa shape index (κ3) is 12.9. The number of methoxy groups -OCH3 is 1. The molecule has 0 heterocycles. The molecule has 1 rings (SSSR count). The van der Waals surface area contributed by atoms with E-state index in [1.807, 2.05) is 6.07 Å². The molecule has 0 saturated carbocycles. The first-order valence-electron chi connectivity index (χ1n) is 9.20. The molecule has 0 saturated heterocycles. The van der Waals surface area contributed by atoms with Crippen LogP contribution in [0, 0.1) is 5.92 Å². The maximum absolute atomic E-state index is 5.17. The predicted octanol–water partition coefficient (Wildman–Crippen LogP) is 6.66. The van der Waals surface area contributed by atoms with Gasteiger partial charge in [0.1, 0.15) is 0 Å². The first-order valence-corrected chi connectivity index (χ1v) is 9.20. The summed E-state index contributed by atoms with van der Waals surface area (Å²) in [6, 6.07) is 10.5. The van der Waals surface area contributed by atoms with E-state index in [0.717, 1.165) is 18.8 Å². The summed E-state index contributed by atoms with van der Waals surface area (Å²) in [5, 5.41) is 0. The quantitative estimate of drug-likeness (QED) is 0.439. The Morgan fingerprint density at radius 1 is 0.909 bits per heavy atom. The number of rotatable bonds is 10. The van der Waals surface area contributed by atoms with Crippen LogP contribution in [0.4, 0.5) is 0 Å². The zero-order valence-corrected chi connectivity index (χ0v) is 15.6. The molecular formula is C21H38O. The lowest BCUT2D eigenvalue weighted by atomic mass is 10.0. The molecule has 1 nitrogen and oxygen atoms in total. The van der Waals surface area contributed by atoms with Gasteiger partial charge in [0.15, 0.2) is 0 Å². The number of aryl methyl sites for hydroxylation is 1. The summed E-state index contributed by atoms with van der Waals surface area (Å²) in [5.74, 6) is 0.955. The molecule has 2 atom stereocenters. The number of ether oxygens (including phenoxy) is 1. The zero-order chi connectivity index (χ0) is 16.6. The van der Waals surface area contributed by atoms with Crippen molar-refractivity contribution in [1.82, 2.24) is 0 Å². The molecule has 0 fully saturated rings. The topological polar surface area (TPSA) is 9.23 Å². The van der Waals surface area contributed by atoms with Crippen LogP contribution in [-0.4, -0.2) is 13.2 Å². The number of hydrogen-bond acceptors (Lipinski definition) is 1. The van der Waals surface area contributed by atoms with Gasteiger partial charge in [-0.25, -0.2) is 0 Å². The van der Waals surface area contributed by atoms with Crippen LogP contribution in [0.2, 0.25) is 0 Å². The Morgan fingerprint density at radius 2 is 1.59 bits per heavy atom. The van der Waals surface area contributed by atoms with Gasteiger partial charge in [0.05, 0.1) is 6.10 Å². The largest absolute Gasteiger partial charge is 0.382 e. The maximum atomic E-state index is 5.17. The first-order chi connectivity index (χ1) is 10.6. The van der Waals surface area contributed by atoms with E-state index in [1.54, 1.807) is 7.11 Å². The summed E-state index contributed by atoms with van der Waals surface area (Å²) in [6.07, 6.45) is 11.0. The standard InChI is InChI=1S/C11H16O.C10H22/c1-10(12-2)8-9-11-6-4-3-5-7-11;1-4-6-7-8-9-10(3)5-2/h3-7,10H,8-9H2,1-2H3;10H,4-9H2,1-3H3. The lowest BCUT2D eigenvalue weighted by molar-refractivity contribution is 0.111. The second-order valence-corrected chi connectivity index (χ2v) is 6.43. The van der Waals surface area contributed by atoms with E-state index in [2.05, 4.69) is 52.0 Å². The van der Waals surface area contributed by atoms with Crippen LogP contribution in [0.1, 0.15) is 78.2 Å². The molecule has 0 aliphatic heterocycles. The number of unbranched alkanes of at least 4 members (excludes halogenated alkanes) is 3. The van der Waals surface area contributed by atoms with Gasteiger partial charge in [0.25, 0.3) is 0 Å². The third-order valence-corrected chi connectivity index (χ3v) is 4.33. The Balaban J connectivity index is 0.000000409. The molecule has 0 bridgehead atoms. The smallest absolute Gasteiger partial charge is 0.0546 e. The van der Waals surface area contributed by atoms with Crippen LogP contribution >= 0.6 is 0 Å². The molecule has 1 heteroatoms. The fourth-order valence-electron chi connectivity index (χ4n) is 2.26. The van der Waals surface area contributed by atoms with Crippen molar-refractivity contribution >= 4 is 0 Å². The van der Waals surface area contributed by atoms with Crippen molar-refractivity contribution in [3.63, 3.8) is 0 Å². The number of benzene rings is 1. The Morgan fingerprint density at radius 3 is 2.14 bits per heavy atom. The summed E-state index contributed by atoms with van der Waals surface area (Å²) in [4.78, 5) is 0. The minimum atomic E-state index is 0.366. The maximum Gasteiger partial charge on any atom is 0.0546 e. The van der Waals surface area contributed by atoms with Crippen molar-refractivity contribution in [2.75, 3.05) is 7.11 Å². The highest BCUT2D eigenvalue weighted by atomic mass is 16.5. The minimum absolute atomic E-state index is 0.366. The molecular weight excluding hydrogens is 268 g/mol. The van der Waals surface area contributed by atoms with Crippen molar-refractivity contribution < 1.29 is 4.74 Å². The highest BCUT2D eigenvalue weighted by molar-refractivity contribution is 5.14. The zero-order valence-electron chi connectivity index (χ0n) is 15.6. The Kier molecular flexibility index (Phi) is 14.5. The van der Waals surface area contributed by atoms with Crippen molar-refractivity contribution in [3.05, 3.63) is 35.9 Å². The molecule has 1 aromatic carbocycles. The van der Waals surface area contributed by atoms with Crippen LogP contribution in [0.25, 0.3) is 0 Å². The predicted molar refractivity (Wildman–Crippen MR) is 99.4 cm³/mol. The van der Waals surface area contributed by atoms with Crippen LogP contribution in [0.3, 0.4) is 0 Å².